The number of hydrogen-bond acceptors (Lipinski definition) is 5. The van der Waals surface area contributed by atoms with E-state index in [9.17, 15) is 4.79 Å². The van der Waals surface area contributed by atoms with Gasteiger partial charge < -0.3 is 18.8 Å². The fourth-order valence-electron chi connectivity index (χ4n) is 2.61. The van der Waals surface area contributed by atoms with Crippen LogP contribution in [0.4, 0.5) is 0 Å². The maximum atomic E-state index is 12.8. The molecule has 0 aliphatic carbocycles. The molecule has 8 heteroatoms. The Kier molecular flexibility index (Phi) is 6.05. The number of aromatic nitrogens is 1. The predicted molar refractivity (Wildman–Crippen MR) is 105 cm³/mol. The molecule has 1 aliphatic rings. The van der Waals surface area contributed by atoms with E-state index in [1.807, 2.05) is 10.8 Å². The molecule has 1 saturated heterocycles. The largest absolute Gasteiger partial charge is 0.496 e. The summed E-state index contributed by atoms with van der Waals surface area (Å²) in [7, 11) is 1.51. The zero-order valence-corrected chi connectivity index (χ0v) is 17.4. The lowest BCUT2D eigenvalue weighted by molar-refractivity contribution is -0.0529. The van der Waals surface area contributed by atoms with E-state index in [4.69, 9.17) is 25.8 Å². The zero-order valence-electron chi connectivity index (χ0n) is 15.8. The summed E-state index contributed by atoms with van der Waals surface area (Å²) in [5, 5.41) is 0.455. The second kappa shape index (κ2) is 8.14. The molecule has 1 amide bonds. The number of amides is 1. The molecule has 146 valence electrons. The SMILES string of the molecule is COc1ccc(Cl)cc1C(=O)/N=c1\sc(C(C)(C)C)cn1CC1OCCO1. The van der Waals surface area contributed by atoms with Crippen LogP contribution in [0.2, 0.25) is 5.02 Å². The number of benzene rings is 1. The molecular weight excluding hydrogens is 388 g/mol. The van der Waals surface area contributed by atoms with Crippen LogP contribution in [-0.2, 0) is 21.4 Å². The van der Waals surface area contributed by atoms with Crippen LogP contribution in [0.1, 0.15) is 36.0 Å². The third kappa shape index (κ3) is 4.79. The van der Waals surface area contributed by atoms with Gasteiger partial charge in [0.25, 0.3) is 5.91 Å². The van der Waals surface area contributed by atoms with Gasteiger partial charge in [0, 0.05) is 16.1 Å². The van der Waals surface area contributed by atoms with Gasteiger partial charge in [0.15, 0.2) is 11.1 Å². The Bertz CT molecular complexity index is 892. The van der Waals surface area contributed by atoms with Gasteiger partial charge in [-0.05, 0) is 23.6 Å². The Labute approximate surface area is 167 Å². The van der Waals surface area contributed by atoms with Gasteiger partial charge in [-0.1, -0.05) is 32.4 Å². The molecular formula is C19H23ClN2O4S. The highest BCUT2D eigenvalue weighted by Crippen LogP contribution is 2.26. The van der Waals surface area contributed by atoms with Crippen LogP contribution in [0, 0.1) is 0 Å². The zero-order chi connectivity index (χ0) is 19.6. The molecule has 1 fully saturated rings. The first-order valence-electron chi connectivity index (χ1n) is 8.64. The van der Waals surface area contributed by atoms with Crippen LogP contribution < -0.4 is 9.54 Å². The molecule has 1 aliphatic heterocycles. The van der Waals surface area contributed by atoms with E-state index >= 15 is 0 Å². The Morgan fingerprint density at radius 1 is 1.37 bits per heavy atom. The number of ether oxygens (including phenoxy) is 3. The summed E-state index contributed by atoms with van der Waals surface area (Å²) >= 11 is 7.53. The molecule has 0 bridgehead atoms. The highest BCUT2D eigenvalue weighted by atomic mass is 35.5. The van der Waals surface area contributed by atoms with E-state index in [0.717, 1.165) is 4.88 Å². The van der Waals surface area contributed by atoms with Crippen LogP contribution in [0.25, 0.3) is 0 Å². The maximum absolute atomic E-state index is 12.8. The molecule has 1 aromatic carbocycles. The van der Waals surface area contributed by atoms with Crippen molar-refractivity contribution in [2.24, 2.45) is 4.99 Å². The topological polar surface area (TPSA) is 62.0 Å². The molecule has 6 nitrogen and oxygen atoms in total. The lowest BCUT2D eigenvalue weighted by Gasteiger charge is -2.15. The van der Waals surface area contributed by atoms with Gasteiger partial charge in [-0.3, -0.25) is 4.79 Å². The average molecular weight is 411 g/mol. The summed E-state index contributed by atoms with van der Waals surface area (Å²) in [5.74, 6) is 0.0356. The van der Waals surface area contributed by atoms with Crippen molar-refractivity contribution in [1.82, 2.24) is 4.57 Å². The maximum Gasteiger partial charge on any atom is 0.283 e. The normalized spacial score (nSPS) is 16.1. The third-order valence-corrected chi connectivity index (χ3v) is 5.77. The second-order valence-corrected chi connectivity index (χ2v) is 8.66. The number of halogens is 1. The van der Waals surface area contributed by atoms with E-state index in [2.05, 4.69) is 25.8 Å². The first-order chi connectivity index (χ1) is 12.8. The molecule has 0 N–H and O–H groups in total. The summed E-state index contributed by atoms with van der Waals surface area (Å²) in [6, 6.07) is 4.90. The summed E-state index contributed by atoms with van der Waals surface area (Å²) in [5.41, 5.74) is 0.268. The molecule has 1 aromatic heterocycles. The van der Waals surface area contributed by atoms with Gasteiger partial charge in [-0.15, -0.1) is 11.3 Å². The van der Waals surface area contributed by atoms with Crippen molar-refractivity contribution in [2.75, 3.05) is 20.3 Å². The minimum atomic E-state index is -0.404. The molecule has 0 spiro atoms. The van der Waals surface area contributed by atoms with Crippen molar-refractivity contribution in [3.05, 3.63) is 44.7 Å². The first-order valence-corrected chi connectivity index (χ1v) is 9.84. The first kappa shape index (κ1) is 20.1. The molecule has 0 atom stereocenters. The smallest absolute Gasteiger partial charge is 0.283 e. The molecule has 0 saturated carbocycles. The van der Waals surface area contributed by atoms with Crippen molar-refractivity contribution < 1.29 is 19.0 Å². The summed E-state index contributed by atoms with van der Waals surface area (Å²) < 4.78 is 18.3. The van der Waals surface area contributed by atoms with Crippen LogP contribution >= 0.6 is 22.9 Å². The highest BCUT2D eigenvalue weighted by molar-refractivity contribution is 7.09. The van der Waals surface area contributed by atoms with Crippen molar-refractivity contribution in [1.29, 1.82) is 0 Å². The lowest BCUT2D eigenvalue weighted by atomic mass is 9.95. The van der Waals surface area contributed by atoms with Gasteiger partial charge in [0.05, 0.1) is 32.4 Å². The fraction of sp³-hybridized carbons (Fsp3) is 0.474. The fourth-order valence-corrected chi connectivity index (χ4v) is 3.84. The predicted octanol–water partition coefficient (Wildman–Crippen LogP) is 3.62. The molecule has 2 aromatic rings. The monoisotopic (exact) mass is 410 g/mol. The average Bonchev–Trinajstić information content (AvgIpc) is 3.25. The van der Waals surface area contributed by atoms with E-state index in [1.165, 1.54) is 18.4 Å². The molecule has 3 rings (SSSR count). The summed E-state index contributed by atoms with van der Waals surface area (Å²) in [6.07, 6.45) is 1.68. The number of thiazole rings is 1. The Hall–Kier alpha value is -1.67. The highest BCUT2D eigenvalue weighted by Gasteiger charge is 2.22. The number of carbonyl (C=O) groups excluding carboxylic acids is 1. The summed E-state index contributed by atoms with van der Waals surface area (Å²) in [6.45, 7) is 8.00. The number of nitrogens with zero attached hydrogens (tertiary/aromatic N) is 2. The number of carbonyl (C=O) groups is 1. The second-order valence-electron chi connectivity index (χ2n) is 7.21. The third-order valence-electron chi connectivity index (χ3n) is 4.08. The number of hydrogen-bond donors (Lipinski definition) is 0. The van der Waals surface area contributed by atoms with Crippen LogP contribution in [0.3, 0.4) is 0 Å². The van der Waals surface area contributed by atoms with Crippen LogP contribution in [-0.4, -0.2) is 37.1 Å². The number of methoxy groups -OCH3 is 1. The summed E-state index contributed by atoms with van der Waals surface area (Å²) in [4.78, 5) is 18.9. The van der Waals surface area contributed by atoms with E-state index < -0.39 is 5.91 Å². The van der Waals surface area contributed by atoms with Crippen molar-refractivity contribution in [3.63, 3.8) is 0 Å². The molecule has 0 unspecified atom stereocenters. The Morgan fingerprint density at radius 3 is 2.70 bits per heavy atom. The Balaban J connectivity index is 2.02. The standard InChI is InChI=1S/C19H23ClN2O4S/c1-19(2,3)15-10-22(11-16-25-7-8-26-16)18(27-15)21-17(23)13-9-12(20)5-6-14(13)24-4/h5-6,9-10,16H,7-8,11H2,1-4H3/b21-18-. The van der Waals surface area contributed by atoms with Gasteiger partial charge in [0.2, 0.25) is 0 Å². The number of rotatable bonds is 4. The van der Waals surface area contributed by atoms with Crippen molar-refractivity contribution in [2.45, 2.75) is 39.0 Å². The molecule has 27 heavy (non-hydrogen) atoms. The van der Waals surface area contributed by atoms with Crippen molar-refractivity contribution >= 4 is 28.8 Å². The van der Waals surface area contributed by atoms with Crippen LogP contribution in [0.15, 0.2) is 29.4 Å². The van der Waals surface area contributed by atoms with Gasteiger partial charge >= 0.3 is 0 Å². The van der Waals surface area contributed by atoms with Gasteiger partial charge in [-0.2, -0.15) is 4.99 Å². The quantitative estimate of drug-likeness (QED) is 0.772. The van der Waals surface area contributed by atoms with E-state index in [-0.39, 0.29) is 11.7 Å². The minimum absolute atomic E-state index is 0.0611. The van der Waals surface area contributed by atoms with Crippen molar-refractivity contribution in [3.8, 4) is 5.75 Å². The van der Waals surface area contributed by atoms with E-state index in [1.54, 1.807) is 18.2 Å². The van der Waals surface area contributed by atoms with Gasteiger partial charge in [0.1, 0.15) is 5.75 Å². The Morgan fingerprint density at radius 2 is 2.07 bits per heavy atom. The van der Waals surface area contributed by atoms with Crippen LogP contribution in [0.5, 0.6) is 5.75 Å². The lowest BCUT2D eigenvalue weighted by Crippen LogP contribution is -2.24. The van der Waals surface area contributed by atoms with Gasteiger partial charge in [-0.25, -0.2) is 0 Å². The minimum Gasteiger partial charge on any atom is -0.496 e. The molecule has 0 radical (unpaired) electrons. The van der Waals surface area contributed by atoms with E-state index in [0.29, 0.717) is 40.9 Å². The molecule has 2 heterocycles.